The summed E-state index contributed by atoms with van der Waals surface area (Å²) in [7, 11) is 3.29. The highest BCUT2D eigenvalue weighted by molar-refractivity contribution is 7.13. The molecular formula is C22H26N2O3S. The monoisotopic (exact) mass is 398 g/mol. The predicted molar refractivity (Wildman–Crippen MR) is 113 cm³/mol. The van der Waals surface area contributed by atoms with E-state index in [0.717, 1.165) is 48.0 Å². The molecule has 1 aromatic carbocycles. The van der Waals surface area contributed by atoms with Gasteiger partial charge in [0.25, 0.3) is 0 Å². The summed E-state index contributed by atoms with van der Waals surface area (Å²) in [5.41, 5.74) is 5.74. The average molecular weight is 399 g/mol. The molecule has 3 heterocycles. The lowest BCUT2D eigenvalue weighted by atomic mass is 10.2. The van der Waals surface area contributed by atoms with Crippen LogP contribution in [0.15, 0.2) is 29.6 Å². The van der Waals surface area contributed by atoms with E-state index in [1.54, 1.807) is 25.6 Å². The summed E-state index contributed by atoms with van der Waals surface area (Å²) < 4.78 is 19.0. The van der Waals surface area contributed by atoms with Gasteiger partial charge < -0.3 is 18.8 Å². The van der Waals surface area contributed by atoms with Crippen molar-refractivity contribution in [2.45, 2.75) is 39.3 Å². The maximum Gasteiger partial charge on any atom is 0.161 e. The average Bonchev–Trinajstić information content (AvgIpc) is 3.45. The molecule has 28 heavy (non-hydrogen) atoms. The van der Waals surface area contributed by atoms with Crippen LogP contribution in [0, 0.1) is 13.8 Å². The van der Waals surface area contributed by atoms with Crippen LogP contribution in [0.5, 0.6) is 11.5 Å². The zero-order chi connectivity index (χ0) is 19.7. The maximum absolute atomic E-state index is 5.83. The van der Waals surface area contributed by atoms with Crippen LogP contribution in [0.4, 0.5) is 0 Å². The van der Waals surface area contributed by atoms with Crippen molar-refractivity contribution in [2.75, 3.05) is 20.8 Å². The van der Waals surface area contributed by atoms with E-state index in [-0.39, 0.29) is 0 Å². The van der Waals surface area contributed by atoms with E-state index < -0.39 is 0 Å². The van der Waals surface area contributed by atoms with E-state index in [2.05, 4.69) is 29.9 Å². The van der Waals surface area contributed by atoms with Gasteiger partial charge in [0, 0.05) is 41.0 Å². The lowest BCUT2D eigenvalue weighted by Crippen LogP contribution is -2.16. The lowest BCUT2D eigenvalue weighted by molar-refractivity contribution is 0.0962. The van der Waals surface area contributed by atoms with E-state index >= 15 is 0 Å². The quantitative estimate of drug-likeness (QED) is 0.580. The fraction of sp³-hybridized carbons (Fsp3) is 0.409. The van der Waals surface area contributed by atoms with Crippen molar-refractivity contribution in [2.24, 2.45) is 0 Å². The Kier molecular flexibility index (Phi) is 5.42. The Morgan fingerprint density at radius 2 is 2.00 bits per heavy atom. The first-order chi connectivity index (χ1) is 13.6. The highest BCUT2D eigenvalue weighted by Gasteiger charge is 2.20. The third-order valence-corrected chi connectivity index (χ3v) is 6.29. The van der Waals surface area contributed by atoms with Crippen molar-refractivity contribution < 1.29 is 14.2 Å². The van der Waals surface area contributed by atoms with Gasteiger partial charge in [-0.1, -0.05) is 0 Å². The van der Waals surface area contributed by atoms with Gasteiger partial charge in [-0.15, -0.1) is 11.3 Å². The van der Waals surface area contributed by atoms with E-state index in [9.17, 15) is 0 Å². The summed E-state index contributed by atoms with van der Waals surface area (Å²) in [4.78, 5) is 4.91. The number of benzene rings is 1. The summed E-state index contributed by atoms with van der Waals surface area (Å²) in [6.07, 6.45) is 2.64. The van der Waals surface area contributed by atoms with Gasteiger partial charge in [0.1, 0.15) is 5.01 Å². The van der Waals surface area contributed by atoms with Gasteiger partial charge in [-0.25, -0.2) is 4.98 Å². The van der Waals surface area contributed by atoms with Crippen LogP contribution in [-0.4, -0.2) is 36.5 Å². The Balaban J connectivity index is 1.63. The summed E-state index contributed by atoms with van der Waals surface area (Å²) in [6.45, 7) is 6.14. The van der Waals surface area contributed by atoms with E-state index in [1.807, 2.05) is 18.2 Å². The van der Waals surface area contributed by atoms with Crippen molar-refractivity contribution in [1.29, 1.82) is 0 Å². The molecule has 3 aromatic rings. The van der Waals surface area contributed by atoms with Gasteiger partial charge >= 0.3 is 0 Å². The third-order valence-electron chi connectivity index (χ3n) is 5.39. The normalized spacial score (nSPS) is 16.5. The van der Waals surface area contributed by atoms with Crippen LogP contribution in [0.25, 0.3) is 21.8 Å². The molecule has 1 aliphatic heterocycles. The smallest absolute Gasteiger partial charge is 0.161 e. The Hall–Kier alpha value is -2.31. The summed E-state index contributed by atoms with van der Waals surface area (Å²) in [5, 5.41) is 3.10. The summed E-state index contributed by atoms with van der Waals surface area (Å²) in [6, 6.07) is 8.15. The second kappa shape index (κ2) is 7.97. The molecule has 0 saturated carbocycles. The largest absolute Gasteiger partial charge is 0.493 e. The number of hydrogen-bond donors (Lipinski definition) is 0. The van der Waals surface area contributed by atoms with Crippen molar-refractivity contribution in [1.82, 2.24) is 9.55 Å². The van der Waals surface area contributed by atoms with Crippen molar-refractivity contribution in [3.05, 3.63) is 41.0 Å². The van der Waals surface area contributed by atoms with Crippen molar-refractivity contribution in [3.8, 4) is 33.3 Å². The molecule has 5 nitrogen and oxygen atoms in total. The first-order valence-electron chi connectivity index (χ1n) is 9.57. The van der Waals surface area contributed by atoms with Gasteiger partial charge in [0.05, 0.1) is 26.0 Å². The summed E-state index contributed by atoms with van der Waals surface area (Å²) in [5.74, 6) is 1.44. The van der Waals surface area contributed by atoms with Crippen LogP contribution in [0.1, 0.15) is 24.2 Å². The Labute approximate surface area is 169 Å². The standard InChI is InChI=1S/C22H26N2O3S/c1-14-10-18(15(2)24(14)12-17-6-5-9-27-17)19-13-28-22(23-19)16-7-8-20(25-3)21(11-16)26-4/h7-8,10-11,13,17H,5-6,9,12H2,1-4H3. The number of hydrogen-bond acceptors (Lipinski definition) is 5. The maximum atomic E-state index is 5.83. The molecule has 6 heteroatoms. The van der Waals surface area contributed by atoms with Gasteiger partial charge in [0.15, 0.2) is 11.5 Å². The van der Waals surface area contributed by atoms with Gasteiger partial charge in [0.2, 0.25) is 0 Å². The molecule has 0 bridgehead atoms. The molecule has 1 saturated heterocycles. The number of methoxy groups -OCH3 is 2. The molecule has 4 rings (SSSR count). The molecule has 148 valence electrons. The summed E-state index contributed by atoms with van der Waals surface area (Å²) >= 11 is 1.65. The number of ether oxygens (including phenoxy) is 3. The zero-order valence-corrected chi connectivity index (χ0v) is 17.6. The molecule has 1 aliphatic rings. The molecule has 0 N–H and O–H groups in total. The van der Waals surface area contributed by atoms with E-state index in [1.165, 1.54) is 17.0 Å². The number of nitrogens with zero attached hydrogens (tertiary/aromatic N) is 2. The minimum absolute atomic E-state index is 0.329. The molecule has 0 amide bonds. The number of aryl methyl sites for hydroxylation is 1. The minimum atomic E-state index is 0.329. The van der Waals surface area contributed by atoms with Gasteiger partial charge in [-0.2, -0.15) is 0 Å². The topological polar surface area (TPSA) is 45.5 Å². The van der Waals surface area contributed by atoms with Crippen LogP contribution >= 0.6 is 11.3 Å². The van der Waals surface area contributed by atoms with Crippen LogP contribution < -0.4 is 9.47 Å². The molecule has 1 atom stereocenters. The highest BCUT2D eigenvalue weighted by Crippen LogP contribution is 2.36. The molecular weight excluding hydrogens is 372 g/mol. The number of rotatable bonds is 6. The molecule has 1 unspecified atom stereocenters. The molecule has 2 aromatic heterocycles. The third kappa shape index (κ3) is 3.54. The Morgan fingerprint density at radius 3 is 2.71 bits per heavy atom. The fourth-order valence-electron chi connectivity index (χ4n) is 3.83. The van der Waals surface area contributed by atoms with Crippen LogP contribution in [0.3, 0.4) is 0 Å². The SMILES string of the molecule is COc1ccc(-c2nc(-c3cc(C)n(CC4CCCO4)c3C)cs2)cc1OC. The number of aromatic nitrogens is 2. The minimum Gasteiger partial charge on any atom is -0.493 e. The number of thiazole rings is 1. The van der Waals surface area contributed by atoms with Crippen molar-refractivity contribution >= 4 is 11.3 Å². The van der Waals surface area contributed by atoms with Crippen LogP contribution in [-0.2, 0) is 11.3 Å². The van der Waals surface area contributed by atoms with Gasteiger partial charge in [-0.05, 0) is 51.0 Å². The second-order valence-electron chi connectivity index (χ2n) is 7.14. The highest BCUT2D eigenvalue weighted by atomic mass is 32.1. The lowest BCUT2D eigenvalue weighted by Gasteiger charge is -2.14. The first kappa shape index (κ1) is 19.0. The van der Waals surface area contributed by atoms with Gasteiger partial charge in [-0.3, -0.25) is 0 Å². The second-order valence-corrected chi connectivity index (χ2v) is 8.00. The Bertz CT molecular complexity index is 970. The van der Waals surface area contributed by atoms with E-state index in [0.29, 0.717) is 11.9 Å². The predicted octanol–water partition coefficient (Wildman–Crippen LogP) is 5.09. The molecule has 0 radical (unpaired) electrons. The zero-order valence-electron chi connectivity index (χ0n) is 16.8. The first-order valence-corrected chi connectivity index (χ1v) is 10.4. The van der Waals surface area contributed by atoms with E-state index in [4.69, 9.17) is 19.2 Å². The van der Waals surface area contributed by atoms with Crippen LogP contribution in [0.2, 0.25) is 0 Å². The molecule has 0 spiro atoms. The molecule has 1 fully saturated rings. The Morgan fingerprint density at radius 1 is 1.18 bits per heavy atom. The molecule has 0 aliphatic carbocycles. The fourth-order valence-corrected chi connectivity index (χ4v) is 4.65. The van der Waals surface area contributed by atoms with Crippen molar-refractivity contribution in [3.63, 3.8) is 0 Å².